The molecular formula is C13H18ClN3O2. The number of carbonyl (C=O) groups is 1. The van der Waals surface area contributed by atoms with E-state index < -0.39 is 0 Å². The van der Waals surface area contributed by atoms with Crippen LogP contribution in [-0.4, -0.2) is 40.0 Å². The highest BCUT2D eigenvalue weighted by Gasteiger charge is 2.33. The van der Waals surface area contributed by atoms with E-state index in [4.69, 9.17) is 16.3 Å². The lowest BCUT2D eigenvalue weighted by atomic mass is 9.95. The first-order chi connectivity index (χ1) is 8.86. The van der Waals surface area contributed by atoms with E-state index in [0.717, 1.165) is 6.42 Å². The predicted molar refractivity (Wildman–Crippen MR) is 72.1 cm³/mol. The molecule has 2 rings (SSSR count). The molecule has 0 radical (unpaired) electrons. The standard InChI is InChI=1S/C13H18ClN3O2/c1-13(2,3)11(18)17-5-4-10(8-17)19-12-15-6-9(14)7-16-12/h6-7,10H,4-5,8H2,1-3H3/t10-/m1/s1. The first-order valence-electron chi connectivity index (χ1n) is 6.30. The molecule has 1 fully saturated rings. The van der Waals surface area contributed by atoms with E-state index in [2.05, 4.69) is 9.97 Å². The van der Waals surface area contributed by atoms with Crippen molar-refractivity contribution < 1.29 is 9.53 Å². The van der Waals surface area contributed by atoms with E-state index in [0.29, 0.717) is 24.1 Å². The van der Waals surface area contributed by atoms with Gasteiger partial charge in [-0.3, -0.25) is 4.79 Å². The summed E-state index contributed by atoms with van der Waals surface area (Å²) >= 11 is 5.71. The molecule has 5 nitrogen and oxygen atoms in total. The van der Waals surface area contributed by atoms with Crippen LogP contribution in [0.5, 0.6) is 6.01 Å². The van der Waals surface area contributed by atoms with Gasteiger partial charge < -0.3 is 9.64 Å². The fourth-order valence-corrected chi connectivity index (χ4v) is 2.09. The molecule has 1 aromatic heterocycles. The third kappa shape index (κ3) is 3.56. The van der Waals surface area contributed by atoms with Crippen molar-refractivity contribution in [1.29, 1.82) is 0 Å². The maximum absolute atomic E-state index is 12.1. The van der Waals surface area contributed by atoms with Gasteiger partial charge in [0.15, 0.2) is 0 Å². The monoisotopic (exact) mass is 283 g/mol. The molecule has 0 N–H and O–H groups in total. The van der Waals surface area contributed by atoms with Crippen molar-refractivity contribution in [2.75, 3.05) is 13.1 Å². The van der Waals surface area contributed by atoms with Crippen molar-refractivity contribution >= 4 is 17.5 Å². The van der Waals surface area contributed by atoms with Crippen LogP contribution in [0.25, 0.3) is 0 Å². The number of hydrogen-bond acceptors (Lipinski definition) is 4. The molecule has 1 aliphatic rings. The van der Waals surface area contributed by atoms with Crippen molar-refractivity contribution in [3.63, 3.8) is 0 Å². The molecule has 1 atom stereocenters. The first-order valence-corrected chi connectivity index (χ1v) is 6.67. The Bertz CT molecular complexity index is 456. The zero-order valence-electron chi connectivity index (χ0n) is 11.4. The minimum atomic E-state index is -0.355. The number of carbonyl (C=O) groups excluding carboxylic acids is 1. The Balaban J connectivity index is 1.92. The molecule has 0 spiro atoms. The van der Waals surface area contributed by atoms with Crippen molar-refractivity contribution in [2.45, 2.75) is 33.3 Å². The van der Waals surface area contributed by atoms with Gasteiger partial charge in [-0.25, -0.2) is 9.97 Å². The summed E-state index contributed by atoms with van der Waals surface area (Å²) in [5, 5.41) is 0.475. The lowest BCUT2D eigenvalue weighted by Crippen LogP contribution is -2.38. The first kappa shape index (κ1) is 14.1. The molecule has 1 aromatic rings. The summed E-state index contributed by atoms with van der Waals surface area (Å²) in [6.07, 6.45) is 3.74. The Morgan fingerprint density at radius 2 is 2.05 bits per heavy atom. The second-order valence-corrected chi connectivity index (χ2v) is 6.15. The predicted octanol–water partition coefficient (Wildman–Crippen LogP) is 2.16. The zero-order valence-corrected chi connectivity index (χ0v) is 12.1. The summed E-state index contributed by atoms with van der Waals surface area (Å²) in [5.74, 6) is 0.149. The minimum Gasteiger partial charge on any atom is -0.458 e. The molecule has 0 aliphatic carbocycles. The van der Waals surface area contributed by atoms with Gasteiger partial charge in [-0.1, -0.05) is 32.4 Å². The van der Waals surface area contributed by atoms with E-state index in [1.807, 2.05) is 25.7 Å². The number of ether oxygens (including phenoxy) is 1. The van der Waals surface area contributed by atoms with Gasteiger partial charge in [0, 0.05) is 18.4 Å². The van der Waals surface area contributed by atoms with Crippen LogP contribution in [0.15, 0.2) is 12.4 Å². The highest BCUT2D eigenvalue weighted by molar-refractivity contribution is 6.30. The average Bonchev–Trinajstić information content (AvgIpc) is 2.78. The average molecular weight is 284 g/mol. The molecule has 0 unspecified atom stereocenters. The normalized spacial score (nSPS) is 19.6. The van der Waals surface area contributed by atoms with Gasteiger partial charge in [0.05, 0.1) is 24.0 Å². The number of amides is 1. The van der Waals surface area contributed by atoms with E-state index in [1.54, 1.807) is 0 Å². The van der Waals surface area contributed by atoms with Crippen LogP contribution >= 0.6 is 11.6 Å². The highest BCUT2D eigenvalue weighted by Crippen LogP contribution is 2.22. The Morgan fingerprint density at radius 1 is 1.42 bits per heavy atom. The molecular weight excluding hydrogens is 266 g/mol. The number of hydrogen-bond donors (Lipinski definition) is 0. The summed E-state index contributed by atoms with van der Waals surface area (Å²) in [5.41, 5.74) is -0.355. The number of halogens is 1. The van der Waals surface area contributed by atoms with Crippen LogP contribution in [0.2, 0.25) is 5.02 Å². The van der Waals surface area contributed by atoms with Gasteiger partial charge in [-0.05, 0) is 0 Å². The molecule has 6 heteroatoms. The number of aromatic nitrogens is 2. The number of likely N-dealkylation sites (tertiary alicyclic amines) is 1. The molecule has 104 valence electrons. The number of rotatable bonds is 2. The van der Waals surface area contributed by atoms with E-state index in [9.17, 15) is 4.79 Å². The van der Waals surface area contributed by atoms with Gasteiger partial charge in [-0.2, -0.15) is 0 Å². The Kier molecular flexibility index (Phi) is 3.94. The van der Waals surface area contributed by atoms with Crippen molar-refractivity contribution in [3.8, 4) is 6.01 Å². The summed E-state index contributed by atoms with van der Waals surface area (Å²) in [7, 11) is 0. The Morgan fingerprint density at radius 3 is 2.63 bits per heavy atom. The smallest absolute Gasteiger partial charge is 0.316 e. The molecule has 1 aliphatic heterocycles. The van der Waals surface area contributed by atoms with Gasteiger partial charge in [-0.15, -0.1) is 0 Å². The highest BCUT2D eigenvalue weighted by atomic mass is 35.5. The molecule has 1 amide bonds. The largest absolute Gasteiger partial charge is 0.458 e. The van der Waals surface area contributed by atoms with Crippen LogP contribution in [-0.2, 0) is 4.79 Å². The third-order valence-corrected chi connectivity index (χ3v) is 3.14. The van der Waals surface area contributed by atoms with Crippen LogP contribution in [0.3, 0.4) is 0 Å². The minimum absolute atomic E-state index is 0.0486. The maximum Gasteiger partial charge on any atom is 0.316 e. The van der Waals surface area contributed by atoms with Crippen LogP contribution in [0.1, 0.15) is 27.2 Å². The Hall–Kier alpha value is -1.36. The topological polar surface area (TPSA) is 55.3 Å². The molecule has 0 bridgehead atoms. The molecule has 2 heterocycles. The molecule has 0 aromatic carbocycles. The maximum atomic E-state index is 12.1. The van der Waals surface area contributed by atoms with Gasteiger partial charge in [0.2, 0.25) is 5.91 Å². The van der Waals surface area contributed by atoms with Gasteiger partial charge in [0.1, 0.15) is 6.10 Å². The summed E-state index contributed by atoms with van der Waals surface area (Å²) in [4.78, 5) is 21.9. The second-order valence-electron chi connectivity index (χ2n) is 5.71. The van der Waals surface area contributed by atoms with Gasteiger partial charge >= 0.3 is 6.01 Å². The van der Waals surface area contributed by atoms with Gasteiger partial charge in [0.25, 0.3) is 0 Å². The molecule has 19 heavy (non-hydrogen) atoms. The van der Waals surface area contributed by atoms with E-state index >= 15 is 0 Å². The second kappa shape index (κ2) is 5.33. The fraction of sp³-hybridized carbons (Fsp3) is 0.615. The van der Waals surface area contributed by atoms with Crippen molar-refractivity contribution in [2.24, 2.45) is 5.41 Å². The SMILES string of the molecule is CC(C)(C)C(=O)N1CC[C@@H](Oc2ncc(Cl)cn2)C1. The van der Waals surface area contributed by atoms with Crippen LogP contribution < -0.4 is 4.74 Å². The third-order valence-electron chi connectivity index (χ3n) is 2.94. The lowest BCUT2D eigenvalue weighted by Gasteiger charge is -2.25. The summed E-state index contributed by atoms with van der Waals surface area (Å²) in [6, 6.07) is 0.305. The van der Waals surface area contributed by atoms with Crippen molar-refractivity contribution in [3.05, 3.63) is 17.4 Å². The summed E-state index contributed by atoms with van der Waals surface area (Å²) < 4.78 is 5.65. The zero-order chi connectivity index (χ0) is 14.0. The summed E-state index contributed by atoms with van der Waals surface area (Å²) in [6.45, 7) is 7.07. The van der Waals surface area contributed by atoms with Crippen LogP contribution in [0, 0.1) is 5.41 Å². The van der Waals surface area contributed by atoms with Crippen LogP contribution in [0.4, 0.5) is 0 Å². The van der Waals surface area contributed by atoms with Crippen molar-refractivity contribution in [1.82, 2.24) is 14.9 Å². The lowest BCUT2D eigenvalue weighted by molar-refractivity contribution is -0.138. The molecule has 1 saturated heterocycles. The van der Waals surface area contributed by atoms with E-state index in [1.165, 1.54) is 12.4 Å². The fourth-order valence-electron chi connectivity index (χ4n) is 1.99. The number of nitrogens with zero attached hydrogens (tertiary/aromatic N) is 3. The van der Waals surface area contributed by atoms with E-state index in [-0.39, 0.29) is 17.4 Å². The quantitative estimate of drug-likeness (QED) is 0.835. The Labute approximate surface area is 117 Å². The molecule has 0 saturated carbocycles.